The topological polar surface area (TPSA) is 69.9 Å². The van der Waals surface area contributed by atoms with Crippen molar-refractivity contribution in [1.82, 2.24) is 0 Å². The Labute approximate surface area is 53.7 Å². The fourth-order valence-electron chi connectivity index (χ4n) is 0.432. The molecule has 0 saturated heterocycles. The van der Waals surface area contributed by atoms with E-state index < -0.39 is 12.4 Å². The number of ether oxygens (including phenoxy) is 1. The van der Waals surface area contributed by atoms with Crippen molar-refractivity contribution in [3.05, 3.63) is 0 Å². The van der Waals surface area contributed by atoms with E-state index in [0.717, 1.165) is 0 Å². The molecule has 0 heterocycles. The minimum absolute atomic E-state index is 0.134. The number of rotatable bonds is 4. The summed E-state index contributed by atoms with van der Waals surface area (Å²) in [6.45, 7) is -0.151. The van der Waals surface area contributed by atoms with E-state index in [4.69, 9.17) is 15.3 Å². The number of hydrogen-bond donors (Lipinski definition) is 3. The van der Waals surface area contributed by atoms with Crippen LogP contribution in [0.1, 0.15) is 6.42 Å². The molecule has 0 radical (unpaired) electrons. The summed E-state index contributed by atoms with van der Waals surface area (Å²) in [6.07, 6.45) is -2.04. The average Bonchev–Trinajstić information content (AvgIpc) is 1.87. The number of aliphatic hydroxyl groups is 3. The summed E-state index contributed by atoms with van der Waals surface area (Å²) in [5.41, 5.74) is 0. The zero-order valence-corrected chi connectivity index (χ0v) is 5.32. The lowest BCUT2D eigenvalue weighted by atomic mass is 10.2. The molecule has 0 fully saturated rings. The highest BCUT2D eigenvalue weighted by Gasteiger charge is 2.13. The Morgan fingerprint density at radius 2 is 2.00 bits per heavy atom. The van der Waals surface area contributed by atoms with Gasteiger partial charge in [-0.1, -0.05) is 0 Å². The molecule has 4 nitrogen and oxygen atoms in total. The Morgan fingerprint density at radius 1 is 1.44 bits per heavy atom. The van der Waals surface area contributed by atoms with Gasteiger partial charge in [-0.25, -0.2) is 0 Å². The summed E-state index contributed by atoms with van der Waals surface area (Å²) in [7, 11) is 1.28. The van der Waals surface area contributed by atoms with Gasteiger partial charge in [-0.2, -0.15) is 0 Å². The Hall–Kier alpha value is -0.160. The summed E-state index contributed by atoms with van der Waals surface area (Å²) < 4.78 is 4.36. The molecule has 56 valence electrons. The monoisotopic (exact) mass is 136 g/mol. The first-order valence-corrected chi connectivity index (χ1v) is 2.72. The number of methoxy groups -OCH3 is 1. The summed E-state index contributed by atoms with van der Waals surface area (Å²) >= 11 is 0. The van der Waals surface area contributed by atoms with Gasteiger partial charge in [-0.05, 0) is 0 Å². The standard InChI is InChI=1S/C5H12O4/c1-9-5(8)4(7)2-3-6/h4-8H,2-3H2,1H3. The highest BCUT2D eigenvalue weighted by molar-refractivity contribution is 4.55. The van der Waals surface area contributed by atoms with Crippen LogP contribution in [-0.2, 0) is 4.74 Å². The lowest BCUT2D eigenvalue weighted by Gasteiger charge is -2.13. The molecule has 0 amide bonds. The van der Waals surface area contributed by atoms with Crippen molar-refractivity contribution in [2.75, 3.05) is 13.7 Å². The summed E-state index contributed by atoms with van der Waals surface area (Å²) in [6, 6.07) is 0. The van der Waals surface area contributed by atoms with Gasteiger partial charge in [0.1, 0.15) is 6.10 Å². The van der Waals surface area contributed by atoms with Crippen LogP contribution in [0.4, 0.5) is 0 Å². The van der Waals surface area contributed by atoms with E-state index in [0.29, 0.717) is 0 Å². The lowest BCUT2D eigenvalue weighted by Crippen LogP contribution is -2.28. The maximum absolute atomic E-state index is 8.78. The molecule has 0 aromatic rings. The minimum atomic E-state index is -1.18. The smallest absolute Gasteiger partial charge is 0.180 e. The van der Waals surface area contributed by atoms with Crippen molar-refractivity contribution in [3.63, 3.8) is 0 Å². The molecule has 0 saturated carbocycles. The Morgan fingerprint density at radius 3 is 2.33 bits per heavy atom. The Bertz CT molecular complexity index is 66.0. The highest BCUT2D eigenvalue weighted by atomic mass is 16.6. The molecule has 9 heavy (non-hydrogen) atoms. The largest absolute Gasteiger partial charge is 0.396 e. The Balaban J connectivity index is 3.32. The molecule has 4 heteroatoms. The van der Waals surface area contributed by atoms with Gasteiger partial charge in [0.25, 0.3) is 0 Å². The van der Waals surface area contributed by atoms with Crippen molar-refractivity contribution in [3.8, 4) is 0 Å². The second kappa shape index (κ2) is 4.69. The molecule has 0 aromatic carbocycles. The SMILES string of the molecule is COC(O)C(O)CCO. The Kier molecular flexibility index (Phi) is 4.61. The van der Waals surface area contributed by atoms with E-state index in [1.807, 2.05) is 0 Å². The summed E-state index contributed by atoms with van der Waals surface area (Å²) in [5, 5.41) is 25.7. The predicted octanol–water partition coefficient (Wildman–Crippen LogP) is -1.31. The predicted molar refractivity (Wildman–Crippen MR) is 30.7 cm³/mol. The maximum Gasteiger partial charge on any atom is 0.180 e. The quantitative estimate of drug-likeness (QED) is 0.420. The second-order valence-electron chi connectivity index (χ2n) is 1.71. The summed E-state index contributed by atoms with van der Waals surface area (Å²) in [5.74, 6) is 0. The second-order valence-corrected chi connectivity index (χ2v) is 1.71. The molecule has 0 spiro atoms. The molecular weight excluding hydrogens is 124 g/mol. The first-order valence-electron chi connectivity index (χ1n) is 2.72. The van der Waals surface area contributed by atoms with Crippen LogP contribution in [0.15, 0.2) is 0 Å². The molecule has 0 aromatic heterocycles. The number of aliphatic hydroxyl groups excluding tert-OH is 3. The third kappa shape index (κ3) is 3.42. The van der Waals surface area contributed by atoms with Crippen LogP contribution in [-0.4, -0.2) is 41.4 Å². The third-order valence-corrected chi connectivity index (χ3v) is 0.996. The maximum atomic E-state index is 8.78. The highest BCUT2D eigenvalue weighted by Crippen LogP contribution is 1.97. The van der Waals surface area contributed by atoms with Crippen molar-refractivity contribution in [2.24, 2.45) is 0 Å². The van der Waals surface area contributed by atoms with Crippen molar-refractivity contribution in [2.45, 2.75) is 18.8 Å². The van der Waals surface area contributed by atoms with Crippen LogP contribution < -0.4 is 0 Å². The van der Waals surface area contributed by atoms with Gasteiger partial charge in [0.2, 0.25) is 0 Å². The van der Waals surface area contributed by atoms with E-state index in [9.17, 15) is 0 Å². The first-order chi connectivity index (χ1) is 4.22. The average molecular weight is 136 g/mol. The number of hydrogen-bond acceptors (Lipinski definition) is 4. The molecule has 0 aliphatic heterocycles. The zero-order valence-electron chi connectivity index (χ0n) is 5.32. The van der Waals surface area contributed by atoms with Crippen LogP contribution in [0.5, 0.6) is 0 Å². The van der Waals surface area contributed by atoms with Gasteiger partial charge >= 0.3 is 0 Å². The first kappa shape index (κ1) is 8.84. The molecule has 2 atom stereocenters. The van der Waals surface area contributed by atoms with Gasteiger partial charge < -0.3 is 20.1 Å². The van der Waals surface area contributed by atoms with E-state index >= 15 is 0 Å². The van der Waals surface area contributed by atoms with Gasteiger partial charge in [0.05, 0.1) is 0 Å². The van der Waals surface area contributed by atoms with Crippen LogP contribution in [0, 0.1) is 0 Å². The van der Waals surface area contributed by atoms with E-state index in [2.05, 4.69) is 4.74 Å². The van der Waals surface area contributed by atoms with Crippen molar-refractivity contribution in [1.29, 1.82) is 0 Å². The molecule has 0 rings (SSSR count). The van der Waals surface area contributed by atoms with E-state index in [1.165, 1.54) is 7.11 Å². The van der Waals surface area contributed by atoms with Gasteiger partial charge in [0, 0.05) is 20.1 Å². The molecule has 0 bridgehead atoms. The van der Waals surface area contributed by atoms with Gasteiger partial charge in [-0.3, -0.25) is 0 Å². The molecule has 3 N–H and O–H groups in total. The van der Waals surface area contributed by atoms with Crippen molar-refractivity contribution >= 4 is 0 Å². The van der Waals surface area contributed by atoms with Crippen LogP contribution >= 0.6 is 0 Å². The lowest BCUT2D eigenvalue weighted by molar-refractivity contribution is -0.148. The van der Waals surface area contributed by atoms with Gasteiger partial charge in [-0.15, -0.1) is 0 Å². The van der Waals surface area contributed by atoms with Crippen molar-refractivity contribution < 1.29 is 20.1 Å². The van der Waals surface area contributed by atoms with E-state index in [-0.39, 0.29) is 13.0 Å². The van der Waals surface area contributed by atoms with Crippen LogP contribution in [0.25, 0.3) is 0 Å². The van der Waals surface area contributed by atoms with E-state index in [1.54, 1.807) is 0 Å². The zero-order chi connectivity index (χ0) is 7.28. The molecule has 0 aliphatic carbocycles. The third-order valence-electron chi connectivity index (χ3n) is 0.996. The molecular formula is C5H12O4. The van der Waals surface area contributed by atoms with Gasteiger partial charge in [0.15, 0.2) is 6.29 Å². The minimum Gasteiger partial charge on any atom is -0.396 e. The fourth-order valence-corrected chi connectivity index (χ4v) is 0.432. The summed E-state index contributed by atoms with van der Waals surface area (Å²) in [4.78, 5) is 0. The molecule has 2 unspecified atom stereocenters. The fraction of sp³-hybridized carbons (Fsp3) is 1.00. The van der Waals surface area contributed by atoms with Crippen LogP contribution in [0.3, 0.4) is 0 Å². The normalized spacial score (nSPS) is 17.3. The van der Waals surface area contributed by atoms with Crippen LogP contribution in [0.2, 0.25) is 0 Å². The molecule has 0 aliphatic rings.